The van der Waals surface area contributed by atoms with E-state index in [9.17, 15) is 0 Å². The summed E-state index contributed by atoms with van der Waals surface area (Å²) >= 11 is 6.01. The third-order valence-electron chi connectivity index (χ3n) is 6.00. The van der Waals surface area contributed by atoms with Crippen LogP contribution in [0, 0.1) is 11.8 Å². The van der Waals surface area contributed by atoms with Gasteiger partial charge in [-0.25, -0.2) is 0 Å². The minimum Gasteiger partial charge on any atom is -0.103 e. The molecule has 1 aromatic rings. The van der Waals surface area contributed by atoms with Crippen LogP contribution in [0.4, 0.5) is 0 Å². The predicted molar refractivity (Wildman–Crippen MR) is 101 cm³/mol. The van der Waals surface area contributed by atoms with Gasteiger partial charge >= 0.3 is 0 Å². The number of benzene rings is 1. The average molecular weight is 329 g/mol. The van der Waals surface area contributed by atoms with Crippen molar-refractivity contribution < 1.29 is 0 Å². The number of halogens is 1. The van der Waals surface area contributed by atoms with Gasteiger partial charge in [-0.1, -0.05) is 41.5 Å². The van der Waals surface area contributed by atoms with Crippen molar-refractivity contribution >= 4 is 11.6 Å². The molecule has 0 radical (unpaired) electrons. The van der Waals surface area contributed by atoms with Gasteiger partial charge in [-0.3, -0.25) is 0 Å². The van der Waals surface area contributed by atoms with Gasteiger partial charge < -0.3 is 0 Å². The Bertz CT molecular complexity index is 532. The van der Waals surface area contributed by atoms with Crippen molar-refractivity contribution in [3.05, 3.63) is 59.2 Å². The Labute approximate surface area is 146 Å². The van der Waals surface area contributed by atoms with E-state index in [1.54, 1.807) is 5.57 Å². The first-order valence-corrected chi connectivity index (χ1v) is 9.68. The summed E-state index contributed by atoms with van der Waals surface area (Å²) in [6.07, 6.45) is 16.6. The lowest BCUT2D eigenvalue weighted by Gasteiger charge is -2.35. The van der Waals surface area contributed by atoms with Crippen LogP contribution in [0.3, 0.4) is 0 Å². The SMILES string of the molecule is C=CCCC1=CCC(C2CCC(c3ccc(Cl)cc3)CC2)CC1. The molecule has 0 amide bonds. The molecule has 23 heavy (non-hydrogen) atoms. The van der Waals surface area contributed by atoms with E-state index in [4.69, 9.17) is 11.6 Å². The molecule has 0 spiro atoms. The molecule has 0 aliphatic heterocycles. The molecule has 0 bridgehead atoms. The number of allylic oxidation sites excluding steroid dienone is 3. The maximum Gasteiger partial charge on any atom is 0.0406 e. The van der Waals surface area contributed by atoms with E-state index in [0.717, 1.165) is 29.2 Å². The summed E-state index contributed by atoms with van der Waals surface area (Å²) < 4.78 is 0. The molecule has 1 aromatic carbocycles. The van der Waals surface area contributed by atoms with Gasteiger partial charge in [0.15, 0.2) is 0 Å². The van der Waals surface area contributed by atoms with Gasteiger partial charge in [0.05, 0.1) is 0 Å². The molecule has 0 N–H and O–H groups in total. The highest BCUT2D eigenvalue weighted by molar-refractivity contribution is 6.30. The molecular weight excluding hydrogens is 300 g/mol. The Morgan fingerprint density at radius 1 is 1.00 bits per heavy atom. The van der Waals surface area contributed by atoms with Crippen molar-refractivity contribution in [3.8, 4) is 0 Å². The molecule has 1 unspecified atom stereocenters. The van der Waals surface area contributed by atoms with Crippen molar-refractivity contribution in [1.82, 2.24) is 0 Å². The van der Waals surface area contributed by atoms with E-state index in [1.165, 1.54) is 56.9 Å². The molecule has 0 aromatic heterocycles. The Morgan fingerprint density at radius 2 is 1.74 bits per heavy atom. The summed E-state index contributed by atoms with van der Waals surface area (Å²) in [6.45, 7) is 3.84. The van der Waals surface area contributed by atoms with Gasteiger partial charge in [0.1, 0.15) is 0 Å². The molecule has 1 heteroatoms. The summed E-state index contributed by atoms with van der Waals surface area (Å²) in [6, 6.07) is 8.53. The largest absolute Gasteiger partial charge is 0.103 e. The third kappa shape index (κ3) is 4.51. The van der Waals surface area contributed by atoms with Gasteiger partial charge in [0, 0.05) is 5.02 Å². The molecule has 0 saturated heterocycles. The third-order valence-corrected chi connectivity index (χ3v) is 6.25. The molecule has 1 saturated carbocycles. The molecule has 0 heterocycles. The smallest absolute Gasteiger partial charge is 0.0406 e. The molecule has 0 nitrogen and oxygen atoms in total. The second-order valence-corrected chi connectivity index (χ2v) is 7.82. The van der Waals surface area contributed by atoms with E-state index in [0.29, 0.717) is 0 Å². The van der Waals surface area contributed by atoms with Gasteiger partial charge in [0.25, 0.3) is 0 Å². The maximum atomic E-state index is 6.01. The first kappa shape index (κ1) is 16.8. The van der Waals surface area contributed by atoms with E-state index >= 15 is 0 Å². The molecule has 2 aliphatic carbocycles. The van der Waals surface area contributed by atoms with E-state index < -0.39 is 0 Å². The van der Waals surface area contributed by atoms with Gasteiger partial charge in [-0.05, 0) is 93.2 Å². The number of hydrogen-bond donors (Lipinski definition) is 0. The molecular formula is C22H29Cl. The van der Waals surface area contributed by atoms with Gasteiger partial charge in [0.2, 0.25) is 0 Å². The Hall–Kier alpha value is -1.01. The van der Waals surface area contributed by atoms with Crippen LogP contribution in [0.25, 0.3) is 0 Å². The fraction of sp³-hybridized carbons (Fsp3) is 0.545. The highest BCUT2D eigenvalue weighted by atomic mass is 35.5. The first-order chi connectivity index (χ1) is 11.3. The monoisotopic (exact) mass is 328 g/mol. The van der Waals surface area contributed by atoms with E-state index in [2.05, 4.69) is 24.8 Å². The predicted octanol–water partition coefficient (Wildman–Crippen LogP) is 7.31. The quantitative estimate of drug-likeness (QED) is 0.497. The van der Waals surface area contributed by atoms with E-state index in [1.807, 2.05) is 18.2 Å². The fourth-order valence-corrected chi connectivity index (χ4v) is 4.64. The van der Waals surface area contributed by atoms with Crippen molar-refractivity contribution in [2.45, 2.75) is 63.7 Å². The lowest BCUT2D eigenvalue weighted by Crippen LogP contribution is -2.22. The lowest BCUT2D eigenvalue weighted by atomic mass is 9.70. The van der Waals surface area contributed by atoms with Crippen molar-refractivity contribution in [2.75, 3.05) is 0 Å². The first-order valence-electron chi connectivity index (χ1n) is 9.30. The Morgan fingerprint density at radius 3 is 2.35 bits per heavy atom. The van der Waals surface area contributed by atoms with Crippen molar-refractivity contribution in [2.24, 2.45) is 11.8 Å². The molecule has 3 rings (SSSR count). The second-order valence-electron chi connectivity index (χ2n) is 7.39. The fourth-order valence-electron chi connectivity index (χ4n) is 4.51. The van der Waals surface area contributed by atoms with Crippen LogP contribution in [0.2, 0.25) is 5.02 Å². The highest BCUT2D eigenvalue weighted by Gasteiger charge is 2.29. The maximum absolute atomic E-state index is 6.01. The summed E-state index contributed by atoms with van der Waals surface area (Å²) in [5, 5.41) is 0.851. The molecule has 124 valence electrons. The van der Waals surface area contributed by atoms with Crippen LogP contribution < -0.4 is 0 Å². The zero-order chi connectivity index (χ0) is 16.1. The van der Waals surface area contributed by atoms with Crippen LogP contribution in [-0.2, 0) is 0 Å². The van der Waals surface area contributed by atoms with Crippen molar-refractivity contribution in [3.63, 3.8) is 0 Å². The standard InChI is InChI=1S/C22H29Cl/c1-2-3-4-17-5-7-18(8-6-17)19-9-11-20(12-10-19)21-13-15-22(23)16-14-21/h2,5,13-16,18-20H,1,3-4,6-12H2. The lowest BCUT2D eigenvalue weighted by molar-refractivity contribution is 0.217. The zero-order valence-electron chi connectivity index (χ0n) is 14.1. The zero-order valence-corrected chi connectivity index (χ0v) is 14.9. The van der Waals surface area contributed by atoms with Crippen LogP contribution in [-0.4, -0.2) is 0 Å². The van der Waals surface area contributed by atoms with Gasteiger partial charge in [-0.15, -0.1) is 6.58 Å². The summed E-state index contributed by atoms with van der Waals surface area (Å²) in [4.78, 5) is 0. The Balaban J connectivity index is 1.49. The normalized spacial score (nSPS) is 28.2. The second kappa shape index (κ2) is 8.20. The summed E-state index contributed by atoms with van der Waals surface area (Å²) in [5.41, 5.74) is 3.17. The molecule has 1 fully saturated rings. The average Bonchev–Trinajstić information content (AvgIpc) is 2.61. The minimum absolute atomic E-state index is 0.755. The molecule has 2 aliphatic rings. The molecule has 1 atom stereocenters. The van der Waals surface area contributed by atoms with Crippen LogP contribution in [0.1, 0.15) is 69.3 Å². The van der Waals surface area contributed by atoms with Crippen LogP contribution in [0.5, 0.6) is 0 Å². The van der Waals surface area contributed by atoms with Crippen molar-refractivity contribution in [1.29, 1.82) is 0 Å². The Kier molecular flexibility index (Phi) is 6.00. The van der Waals surface area contributed by atoms with Crippen LogP contribution in [0.15, 0.2) is 48.6 Å². The van der Waals surface area contributed by atoms with E-state index in [-0.39, 0.29) is 0 Å². The summed E-state index contributed by atoms with van der Waals surface area (Å²) in [7, 11) is 0. The summed E-state index contributed by atoms with van der Waals surface area (Å²) in [5.74, 6) is 2.65. The van der Waals surface area contributed by atoms with Crippen LogP contribution >= 0.6 is 11.6 Å². The minimum atomic E-state index is 0.755. The number of hydrogen-bond acceptors (Lipinski definition) is 0. The number of rotatable bonds is 5. The highest BCUT2D eigenvalue weighted by Crippen LogP contribution is 2.43. The topological polar surface area (TPSA) is 0 Å². The van der Waals surface area contributed by atoms with Gasteiger partial charge in [-0.2, -0.15) is 0 Å².